The van der Waals surface area contributed by atoms with Crippen LogP contribution < -0.4 is 5.32 Å². The van der Waals surface area contributed by atoms with Crippen LogP contribution in [0.25, 0.3) is 0 Å². The van der Waals surface area contributed by atoms with Gasteiger partial charge in [0.25, 0.3) is 0 Å². The molecule has 1 aliphatic rings. The smallest absolute Gasteiger partial charge is 0.221 e. The molecular weight excluding hydrogens is 330 g/mol. The van der Waals surface area contributed by atoms with Crippen molar-refractivity contribution in [3.8, 4) is 0 Å². The molecule has 0 bridgehead atoms. The van der Waals surface area contributed by atoms with Crippen LogP contribution in [-0.4, -0.2) is 11.7 Å². The van der Waals surface area contributed by atoms with Gasteiger partial charge in [-0.2, -0.15) is 0 Å². The fourth-order valence-corrected chi connectivity index (χ4v) is 3.72. The van der Waals surface area contributed by atoms with Gasteiger partial charge < -0.3 is 5.32 Å². The minimum Gasteiger partial charge on any atom is -0.347 e. The molecule has 5 heteroatoms. The number of ketones is 1. The van der Waals surface area contributed by atoms with Crippen LogP contribution in [0.15, 0.2) is 41.8 Å². The lowest BCUT2D eigenvalue weighted by Crippen LogP contribution is -2.50. The molecule has 23 heavy (non-hydrogen) atoms. The summed E-state index contributed by atoms with van der Waals surface area (Å²) in [7, 11) is 0. The van der Waals surface area contributed by atoms with E-state index in [2.05, 4.69) is 5.32 Å². The van der Waals surface area contributed by atoms with E-state index in [4.69, 9.17) is 11.6 Å². The zero-order valence-electron chi connectivity index (χ0n) is 12.7. The number of carbonyl (C=O) groups excluding carboxylic acids is 2. The third-order valence-corrected chi connectivity index (χ3v) is 5.52. The van der Waals surface area contributed by atoms with E-state index in [9.17, 15) is 9.59 Å². The highest BCUT2D eigenvalue weighted by molar-refractivity contribution is 7.12. The maximum absolute atomic E-state index is 12.3. The Morgan fingerprint density at radius 1 is 1.13 bits per heavy atom. The standard InChI is InChI=1S/C18H18ClNO2S/c19-14-6-4-13(5-7-14)18(10-2-11-18)20-17(22)9-8-15(21)16-3-1-12-23-16/h1,3-7,12H,2,8-11H2,(H,20,22). The van der Waals surface area contributed by atoms with Crippen LogP contribution in [0.2, 0.25) is 5.02 Å². The minimum absolute atomic E-state index is 0.0318. The van der Waals surface area contributed by atoms with Crippen LogP contribution in [0.1, 0.15) is 47.3 Å². The van der Waals surface area contributed by atoms with Crippen molar-refractivity contribution < 1.29 is 9.59 Å². The fourth-order valence-electron chi connectivity index (χ4n) is 2.90. The number of Topliss-reactive ketones (excluding diaryl/α,β-unsaturated/α-hetero) is 1. The van der Waals surface area contributed by atoms with Crippen molar-refractivity contribution in [3.05, 3.63) is 57.2 Å². The van der Waals surface area contributed by atoms with Crippen LogP contribution in [0, 0.1) is 0 Å². The zero-order valence-corrected chi connectivity index (χ0v) is 14.3. The first-order valence-electron chi connectivity index (χ1n) is 7.73. The average molecular weight is 348 g/mol. The number of nitrogens with one attached hydrogen (secondary N) is 1. The SMILES string of the molecule is O=C(CCC(=O)c1cccs1)NC1(c2ccc(Cl)cc2)CCC1. The van der Waals surface area contributed by atoms with Gasteiger partial charge in [0, 0.05) is 17.9 Å². The second kappa shape index (κ2) is 6.85. The second-order valence-electron chi connectivity index (χ2n) is 5.89. The number of thiophene rings is 1. The highest BCUT2D eigenvalue weighted by Crippen LogP contribution is 2.41. The van der Waals surface area contributed by atoms with E-state index >= 15 is 0 Å². The lowest BCUT2D eigenvalue weighted by molar-refractivity contribution is -0.124. The second-order valence-corrected chi connectivity index (χ2v) is 7.28. The average Bonchev–Trinajstić information content (AvgIpc) is 3.04. The fraction of sp³-hybridized carbons (Fsp3) is 0.333. The van der Waals surface area contributed by atoms with Gasteiger partial charge in [-0.3, -0.25) is 9.59 Å². The molecule has 1 fully saturated rings. The predicted octanol–water partition coefficient (Wildman–Crippen LogP) is 4.56. The maximum Gasteiger partial charge on any atom is 0.221 e. The third-order valence-electron chi connectivity index (χ3n) is 4.36. The van der Waals surface area contributed by atoms with Crippen molar-refractivity contribution in [1.82, 2.24) is 5.32 Å². The molecule has 3 nitrogen and oxygen atoms in total. The van der Waals surface area contributed by atoms with Gasteiger partial charge in [0.2, 0.25) is 5.91 Å². The molecule has 1 heterocycles. The van der Waals surface area contributed by atoms with E-state index in [1.165, 1.54) is 11.3 Å². The Hall–Kier alpha value is -1.65. The molecule has 0 aliphatic heterocycles. The van der Waals surface area contributed by atoms with E-state index in [1.54, 1.807) is 6.07 Å². The van der Waals surface area contributed by atoms with Gasteiger partial charge in [0.1, 0.15) is 0 Å². The zero-order chi connectivity index (χ0) is 16.3. The molecule has 1 aliphatic carbocycles. The molecule has 1 aromatic heterocycles. The lowest BCUT2D eigenvalue weighted by Gasteiger charge is -2.43. The van der Waals surface area contributed by atoms with Gasteiger partial charge in [-0.25, -0.2) is 0 Å². The molecule has 3 rings (SSSR count). The molecule has 2 aromatic rings. The van der Waals surface area contributed by atoms with Crippen molar-refractivity contribution in [2.24, 2.45) is 0 Å². The van der Waals surface area contributed by atoms with E-state index in [0.717, 1.165) is 24.8 Å². The van der Waals surface area contributed by atoms with Gasteiger partial charge in [-0.1, -0.05) is 29.8 Å². The Labute approximate surface area is 144 Å². The molecule has 120 valence electrons. The first-order chi connectivity index (χ1) is 11.1. The predicted molar refractivity (Wildman–Crippen MR) is 93.0 cm³/mol. The number of carbonyl (C=O) groups is 2. The van der Waals surface area contributed by atoms with E-state index < -0.39 is 0 Å². The van der Waals surface area contributed by atoms with Gasteiger partial charge in [0.05, 0.1) is 10.4 Å². The number of rotatable bonds is 6. The summed E-state index contributed by atoms with van der Waals surface area (Å²) in [5.74, 6) is -0.0335. The largest absolute Gasteiger partial charge is 0.347 e. The van der Waals surface area contributed by atoms with Gasteiger partial charge in [0.15, 0.2) is 5.78 Å². The molecule has 0 unspecified atom stereocenters. The Morgan fingerprint density at radius 2 is 1.87 bits per heavy atom. The molecular formula is C18H18ClNO2S. The van der Waals surface area contributed by atoms with Crippen LogP contribution in [0.5, 0.6) is 0 Å². The first kappa shape index (κ1) is 16.2. The highest BCUT2D eigenvalue weighted by atomic mass is 35.5. The summed E-state index contributed by atoms with van der Waals surface area (Å²) < 4.78 is 0. The van der Waals surface area contributed by atoms with Gasteiger partial charge in [-0.05, 0) is 48.4 Å². The van der Waals surface area contributed by atoms with E-state index in [-0.39, 0.29) is 30.1 Å². The molecule has 0 spiro atoms. The quantitative estimate of drug-likeness (QED) is 0.778. The summed E-state index contributed by atoms with van der Waals surface area (Å²) in [6.07, 6.45) is 3.44. The molecule has 0 radical (unpaired) electrons. The number of hydrogen-bond acceptors (Lipinski definition) is 3. The van der Waals surface area contributed by atoms with Crippen LogP contribution in [0.4, 0.5) is 0 Å². The summed E-state index contributed by atoms with van der Waals surface area (Å²) in [6, 6.07) is 11.3. The summed E-state index contributed by atoms with van der Waals surface area (Å²) in [5, 5.41) is 5.70. The Kier molecular flexibility index (Phi) is 4.83. The summed E-state index contributed by atoms with van der Waals surface area (Å²) in [6.45, 7) is 0. The number of benzene rings is 1. The van der Waals surface area contributed by atoms with Crippen LogP contribution in [-0.2, 0) is 10.3 Å². The normalized spacial score (nSPS) is 15.7. The molecule has 1 saturated carbocycles. The third kappa shape index (κ3) is 3.65. The van der Waals surface area contributed by atoms with E-state index in [0.29, 0.717) is 9.90 Å². The topological polar surface area (TPSA) is 46.2 Å². The van der Waals surface area contributed by atoms with Gasteiger partial charge >= 0.3 is 0 Å². The Balaban J connectivity index is 1.59. The van der Waals surface area contributed by atoms with Crippen LogP contribution in [0.3, 0.4) is 0 Å². The molecule has 0 atom stereocenters. The Morgan fingerprint density at radius 3 is 2.43 bits per heavy atom. The summed E-state index contributed by atoms with van der Waals surface area (Å²) >= 11 is 7.35. The first-order valence-corrected chi connectivity index (χ1v) is 8.99. The van der Waals surface area contributed by atoms with E-state index in [1.807, 2.05) is 35.7 Å². The van der Waals surface area contributed by atoms with Crippen molar-refractivity contribution in [2.45, 2.75) is 37.6 Å². The van der Waals surface area contributed by atoms with Crippen molar-refractivity contribution in [2.75, 3.05) is 0 Å². The highest BCUT2D eigenvalue weighted by Gasteiger charge is 2.39. The van der Waals surface area contributed by atoms with Crippen LogP contribution >= 0.6 is 22.9 Å². The molecule has 1 N–H and O–H groups in total. The lowest BCUT2D eigenvalue weighted by atomic mass is 9.71. The minimum atomic E-state index is -0.284. The number of amides is 1. The maximum atomic E-state index is 12.3. The summed E-state index contributed by atoms with van der Waals surface area (Å²) in [5.41, 5.74) is 0.805. The van der Waals surface area contributed by atoms with Crippen molar-refractivity contribution in [1.29, 1.82) is 0 Å². The van der Waals surface area contributed by atoms with Crippen molar-refractivity contribution in [3.63, 3.8) is 0 Å². The molecule has 0 saturated heterocycles. The molecule has 1 amide bonds. The molecule has 1 aromatic carbocycles. The number of hydrogen-bond donors (Lipinski definition) is 1. The monoisotopic (exact) mass is 347 g/mol. The van der Waals surface area contributed by atoms with Gasteiger partial charge in [-0.15, -0.1) is 11.3 Å². The Bertz CT molecular complexity index is 690. The van der Waals surface area contributed by atoms with Crippen molar-refractivity contribution >= 4 is 34.6 Å². The summed E-state index contributed by atoms with van der Waals surface area (Å²) in [4.78, 5) is 25.0. The number of halogens is 1.